The van der Waals surface area contributed by atoms with Crippen LogP contribution in [-0.4, -0.2) is 0 Å². The molecule has 72 valence electrons. The molecule has 0 bridgehead atoms. The van der Waals surface area contributed by atoms with Gasteiger partial charge in [0.2, 0.25) is 0 Å². The number of hydrogen-bond donors (Lipinski definition) is 0. The van der Waals surface area contributed by atoms with E-state index in [0.717, 1.165) is 11.1 Å². The van der Waals surface area contributed by atoms with Gasteiger partial charge in [-0.05, 0) is 0 Å². The van der Waals surface area contributed by atoms with Crippen LogP contribution in [0.2, 0.25) is 0 Å². The minimum atomic E-state index is 0. The predicted octanol–water partition coefficient (Wildman–Crippen LogP) is 3.74. The van der Waals surface area contributed by atoms with E-state index in [2.05, 4.69) is 13.8 Å². The number of benzene rings is 2. The van der Waals surface area contributed by atoms with E-state index < -0.39 is 0 Å². The molecule has 0 unspecified atom stereocenters. The van der Waals surface area contributed by atoms with Crippen molar-refractivity contribution < 1.29 is 26.2 Å². The Morgan fingerprint density at radius 2 is 0.800 bits per heavy atom. The van der Waals surface area contributed by atoms with Crippen molar-refractivity contribution in [1.29, 1.82) is 0 Å². The molecule has 2 aromatic carbocycles. The quantitative estimate of drug-likeness (QED) is 0.642. The van der Waals surface area contributed by atoms with Crippen LogP contribution in [0.25, 0.3) is 0 Å². The summed E-state index contributed by atoms with van der Waals surface area (Å²) in [5.41, 5.74) is 2.14. The topological polar surface area (TPSA) is 0 Å². The van der Waals surface area contributed by atoms with Gasteiger partial charge in [0.1, 0.15) is 0 Å². The first-order valence-corrected chi connectivity index (χ1v) is 4.53. The van der Waals surface area contributed by atoms with Crippen LogP contribution >= 0.6 is 0 Å². The third kappa shape index (κ3) is 7.05. The third-order valence-corrected chi connectivity index (χ3v) is 1.69. The van der Waals surface area contributed by atoms with Gasteiger partial charge in [0, 0.05) is 0 Å². The van der Waals surface area contributed by atoms with Gasteiger partial charge in [-0.1, -0.05) is 12.1 Å². The summed E-state index contributed by atoms with van der Waals surface area (Å²) in [4.78, 5) is 0. The van der Waals surface area contributed by atoms with Gasteiger partial charge in [-0.2, -0.15) is 49.2 Å². The zero-order valence-corrected chi connectivity index (χ0v) is 11.1. The first-order valence-electron chi connectivity index (χ1n) is 4.53. The maximum Gasteiger partial charge on any atom is 4.00 e. The monoisotopic (exact) mass is 272 g/mol. The summed E-state index contributed by atoms with van der Waals surface area (Å²) in [6.07, 6.45) is 0. The fourth-order valence-corrected chi connectivity index (χ4v) is 0.956. The van der Waals surface area contributed by atoms with Gasteiger partial charge in [0.05, 0.1) is 0 Å². The van der Waals surface area contributed by atoms with Gasteiger partial charge in [-0.3, -0.25) is 0 Å². The average molecular weight is 273 g/mol. The van der Waals surface area contributed by atoms with Crippen LogP contribution in [0.1, 0.15) is 11.1 Å². The van der Waals surface area contributed by atoms with E-state index in [0.29, 0.717) is 0 Å². The van der Waals surface area contributed by atoms with E-state index in [1.165, 1.54) is 0 Å². The van der Waals surface area contributed by atoms with E-state index in [1.807, 2.05) is 60.7 Å². The smallest absolute Gasteiger partial charge is 0.199 e. The summed E-state index contributed by atoms with van der Waals surface area (Å²) < 4.78 is 0. The molecule has 0 nitrogen and oxygen atoms in total. The molecule has 0 N–H and O–H groups in total. The maximum atomic E-state index is 3.72. The van der Waals surface area contributed by atoms with Crippen molar-refractivity contribution in [3.63, 3.8) is 0 Å². The molecular weight excluding hydrogens is 259 g/mol. The molecule has 0 radical (unpaired) electrons. The number of rotatable bonds is 0. The normalized spacial score (nSPS) is 8.00. The maximum absolute atomic E-state index is 3.72. The molecule has 0 saturated heterocycles. The Labute approximate surface area is 111 Å². The molecule has 0 aliphatic carbocycles. The second-order valence-electron chi connectivity index (χ2n) is 2.97. The van der Waals surface area contributed by atoms with Gasteiger partial charge in [-0.15, -0.1) is 24.3 Å². The van der Waals surface area contributed by atoms with Gasteiger partial charge < -0.3 is 0 Å². The molecule has 0 spiro atoms. The van der Waals surface area contributed by atoms with Gasteiger partial charge in [0.25, 0.3) is 0 Å². The fraction of sp³-hybridized carbons (Fsp3) is 0. The molecule has 0 heterocycles. The zero-order valence-electron chi connectivity index (χ0n) is 8.69. The molecule has 0 aliphatic rings. The van der Waals surface area contributed by atoms with Crippen LogP contribution in [0.5, 0.6) is 0 Å². The zero-order chi connectivity index (χ0) is 10.2. The molecule has 0 aromatic heterocycles. The molecule has 0 fully saturated rings. The Morgan fingerprint density at radius 3 is 0.933 bits per heavy atom. The Kier molecular flexibility index (Phi) is 7.85. The Hall–Kier alpha value is -0.937. The summed E-state index contributed by atoms with van der Waals surface area (Å²) in [6.45, 7) is 7.44. The summed E-state index contributed by atoms with van der Waals surface area (Å²) in [7, 11) is 0. The molecule has 0 atom stereocenters. The van der Waals surface area contributed by atoms with Crippen molar-refractivity contribution in [2.45, 2.75) is 0 Å². The van der Waals surface area contributed by atoms with Gasteiger partial charge in [0.15, 0.2) is 0 Å². The molecule has 2 rings (SSSR count). The van der Waals surface area contributed by atoms with Crippen LogP contribution in [0.3, 0.4) is 0 Å². The summed E-state index contributed by atoms with van der Waals surface area (Å²) in [5, 5.41) is 0. The van der Waals surface area contributed by atoms with Crippen molar-refractivity contribution >= 4 is 0 Å². The van der Waals surface area contributed by atoms with Crippen molar-refractivity contribution in [2.75, 3.05) is 0 Å². The molecule has 0 amide bonds. The summed E-state index contributed by atoms with van der Waals surface area (Å²) in [6, 6.07) is 19.7. The first-order chi connectivity index (χ1) is 6.79. The fourth-order valence-electron chi connectivity index (χ4n) is 0.956. The van der Waals surface area contributed by atoms with E-state index in [9.17, 15) is 0 Å². The molecule has 0 saturated carbocycles. The molecule has 0 aliphatic heterocycles. The standard InChI is InChI=1S/2C7H7.Zr/c2*1-7-5-3-2-4-6-7;/h2*2-6H,1H2;/q2*-1;+4. The SMILES string of the molecule is [CH2-]c1ccccc1.[CH2-]c1ccccc1.[Zr+4]. The summed E-state index contributed by atoms with van der Waals surface area (Å²) >= 11 is 0. The molecule has 15 heavy (non-hydrogen) atoms. The van der Waals surface area contributed by atoms with Crippen LogP contribution in [0.15, 0.2) is 60.7 Å². The van der Waals surface area contributed by atoms with E-state index in [4.69, 9.17) is 0 Å². The minimum Gasteiger partial charge on any atom is -0.199 e. The van der Waals surface area contributed by atoms with Crippen LogP contribution in [0, 0.1) is 13.8 Å². The Morgan fingerprint density at radius 1 is 0.533 bits per heavy atom. The Bertz CT molecular complexity index is 303. The molecule has 2 aromatic rings. The van der Waals surface area contributed by atoms with Gasteiger partial charge in [-0.25, -0.2) is 0 Å². The van der Waals surface area contributed by atoms with Crippen LogP contribution in [0.4, 0.5) is 0 Å². The van der Waals surface area contributed by atoms with Crippen molar-refractivity contribution in [2.24, 2.45) is 0 Å². The van der Waals surface area contributed by atoms with E-state index in [1.54, 1.807) is 0 Å². The van der Waals surface area contributed by atoms with Gasteiger partial charge >= 0.3 is 26.2 Å². The van der Waals surface area contributed by atoms with E-state index in [-0.39, 0.29) is 26.2 Å². The van der Waals surface area contributed by atoms with Crippen molar-refractivity contribution in [3.8, 4) is 0 Å². The van der Waals surface area contributed by atoms with Crippen LogP contribution in [-0.2, 0) is 26.2 Å². The largest absolute Gasteiger partial charge is 4.00 e. The van der Waals surface area contributed by atoms with Crippen LogP contribution < -0.4 is 0 Å². The number of hydrogen-bond acceptors (Lipinski definition) is 0. The van der Waals surface area contributed by atoms with Crippen molar-refractivity contribution in [1.82, 2.24) is 0 Å². The minimum absolute atomic E-state index is 0. The Balaban J connectivity index is 0.000000245. The predicted molar refractivity (Wildman–Crippen MR) is 61.8 cm³/mol. The first kappa shape index (κ1) is 14.1. The molecule has 1 heteroatoms. The van der Waals surface area contributed by atoms with E-state index >= 15 is 0 Å². The average Bonchev–Trinajstić information content (AvgIpc) is 2.21. The summed E-state index contributed by atoms with van der Waals surface area (Å²) in [5.74, 6) is 0. The second kappa shape index (κ2) is 8.38. The van der Waals surface area contributed by atoms with Crippen molar-refractivity contribution in [3.05, 3.63) is 85.6 Å². The third-order valence-electron chi connectivity index (χ3n) is 1.69. The molecular formula is C14H14Zr+2. The second-order valence-corrected chi connectivity index (χ2v) is 2.97.